The van der Waals surface area contributed by atoms with E-state index in [9.17, 15) is 0 Å². The second-order valence-electron chi connectivity index (χ2n) is 4.33. The number of ether oxygens (including phenoxy) is 2. The summed E-state index contributed by atoms with van der Waals surface area (Å²) in [5.74, 6) is 1.33. The smallest absolute Gasteiger partial charge is 0.232 e. The molecule has 3 unspecified atom stereocenters. The van der Waals surface area contributed by atoms with Gasteiger partial charge in [0.25, 0.3) is 0 Å². The van der Waals surface area contributed by atoms with Gasteiger partial charge in [0.1, 0.15) is 0 Å². The molecule has 1 saturated heterocycles. The van der Waals surface area contributed by atoms with E-state index in [0.717, 1.165) is 6.42 Å². The van der Waals surface area contributed by atoms with Crippen molar-refractivity contribution in [1.82, 2.24) is 10.1 Å². The van der Waals surface area contributed by atoms with E-state index in [0.29, 0.717) is 31.5 Å². The fourth-order valence-corrected chi connectivity index (χ4v) is 1.87. The molecule has 0 bridgehead atoms. The maximum atomic E-state index is 5.88. The summed E-state index contributed by atoms with van der Waals surface area (Å²) < 4.78 is 15.9. The van der Waals surface area contributed by atoms with Crippen molar-refractivity contribution in [3.63, 3.8) is 0 Å². The fraction of sp³-hybridized carbons (Fsp3) is 0.818. The van der Waals surface area contributed by atoms with Gasteiger partial charge in [-0.1, -0.05) is 5.16 Å². The molecule has 2 rings (SSSR count). The summed E-state index contributed by atoms with van der Waals surface area (Å²) in [4.78, 5) is 4.32. The van der Waals surface area contributed by atoms with Crippen molar-refractivity contribution in [3.05, 3.63) is 11.7 Å². The van der Waals surface area contributed by atoms with E-state index in [-0.39, 0.29) is 18.1 Å². The molecule has 0 amide bonds. The normalized spacial score (nSPS) is 26.3. The van der Waals surface area contributed by atoms with Gasteiger partial charge in [0, 0.05) is 6.61 Å². The monoisotopic (exact) mass is 241 g/mol. The Kier molecular flexibility index (Phi) is 4.09. The van der Waals surface area contributed by atoms with Gasteiger partial charge >= 0.3 is 0 Å². The second-order valence-corrected chi connectivity index (χ2v) is 4.33. The molecule has 96 valence electrons. The first-order chi connectivity index (χ1) is 8.20. The van der Waals surface area contributed by atoms with Crippen LogP contribution in [0.25, 0.3) is 0 Å². The van der Waals surface area contributed by atoms with Gasteiger partial charge in [-0.05, 0) is 20.3 Å². The molecule has 3 atom stereocenters. The van der Waals surface area contributed by atoms with Gasteiger partial charge in [-0.15, -0.1) is 0 Å². The van der Waals surface area contributed by atoms with Gasteiger partial charge in [0.05, 0.1) is 31.3 Å². The number of nitrogens with two attached hydrogens (primary N) is 1. The molecular weight excluding hydrogens is 222 g/mol. The molecule has 1 aromatic rings. The Hall–Kier alpha value is -0.980. The molecule has 0 aliphatic carbocycles. The van der Waals surface area contributed by atoms with Crippen LogP contribution in [0.1, 0.15) is 43.9 Å². The lowest BCUT2D eigenvalue weighted by molar-refractivity contribution is 0.122. The van der Waals surface area contributed by atoms with Crippen molar-refractivity contribution >= 4 is 0 Å². The van der Waals surface area contributed by atoms with E-state index in [1.807, 2.05) is 13.8 Å². The molecule has 1 aliphatic heterocycles. The van der Waals surface area contributed by atoms with E-state index in [1.165, 1.54) is 0 Å². The Morgan fingerprint density at radius 1 is 1.59 bits per heavy atom. The highest BCUT2D eigenvalue weighted by Gasteiger charge is 2.29. The van der Waals surface area contributed by atoms with Crippen molar-refractivity contribution in [2.45, 2.75) is 38.3 Å². The van der Waals surface area contributed by atoms with Crippen molar-refractivity contribution in [2.75, 3.05) is 19.8 Å². The minimum atomic E-state index is -0.327. The van der Waals surface area contributed by atoms with Crippen LogP contribution in [0.3, 0.4) is 0 Å². The number of rotatable bonds is 5. The van der Waals surface area contributed by atoms with E-state index < -0.39 is 0 Å². The van der Waals surface area contributed by atoms with E-state index in [4.69, 9.17) is 19.7 Å². The lowest BCUT2D eigenvalue weighted by atomic mass is 10.1. The van der Waals surface area contributed by atoms with Gasteiger partial charge < -0.3 is 19.7 Å². The average Bonchev–Trinajstić information content (AvgIpc) is 2.93. The largest absolute Gasteiger partial charge is 0.380 e. The van der Waals surface area contributed by atoms with Gasteiger partial charge in [0.15, 0.2) is 5.82 Å². The standard InChI is InChI=1S/C11H19N3O3/c1-3-15-6-9(12)10-13-11(17-14-10)8-4-7(2)16-5-8/h7-9H,3-6,12H2,1-2H3. The Morgan fingerprint density at radius 2 is 2.41 bits per heavy atom. The van der Waals surface area contributed by atoms with Gasteiger partial charge in [0.2, 0.25) is 5.89 Å². The number of hydrogen-bond donors (Lipinski definition) is 1. The van der Waals surface area contributed by atoms with Crippen molar-refractivity contribution in [1.29, 1.82) is 0 Å². The van der Waals surface area contributed by atoms with Crippen LogP contribution < -0.4 is 5.73 Å². The lowest BCUT2D eigenvalue weighted by Crippen LogP contribution is -2.18. The predicted octanol–water partition coefficient (Wildman–Crippen LogP) is 0.998. The number of nitrogens with zero attached hydrogens (tertiary/aromatic N) is 2. The molecular formula is C11H19N3O3. The first-order valence-electron chi connectivity index (χ1n) is 5.99. The number of hydrogen-bond acceptors (Lipinski definition) is 6. The van der Waals surface area contributed by atoms with E-state index in [1.54, 1.807) is 0 Å². The van der Waals surface area contributed by atoms with Gasteiger partial charge in [-0.25, -0.2) is 0 Å². The topological polar surface area (TPSA) is 83.4 Å². The van der Waals surface area contributed by atoms with E-state index in [2.05, 4.69) is 10.1 Å². The van der Waals surface area contributed by atoms with Crippen LogP contribution in [0.4, 0.5) is 0 Å². The summed E-state index contributed by atoms with van der Waals surface area (Å²) in [5, 5.41) is 3.89. The summed E-state index contributed by atoms with van der Waals surface area (Å²) >= 11 is 0. The maximum Gasteiger partial charge on any atom is 0.232 e. The number of aromatic nitrogens is 2. The summed E-state index contributed by atoms with van der Waals surface area (Å²) in [5.41, 5.74) is 5.88. The molecule has 0 saturated carbocycles. The first-order valence-corrected chi connectivity index (χ1v) is 5.99. The van der Waals surface area contributed by atoms with Crippen LogP contribution in [-0.4, -0.2) is 36.1 Å². The van der Waals surface area contributed by atoms with Crippen molar-refractivity contribution < 1.29 is 14.0 Å². The van der Waals surface area contributed by atoms with Gasteiger partial charge in [-0.3, -0.25) is 0 Å². The third-order valence-corrected chi connectivity index (χ3v) is 2.84. The lowest BCUT2D eigenvalue weighted by Gasteiger charge is -2.05. The molecule has 1 fully saturated rings. The first kappa shape index (κ1) is 12.5. The molecule has 2 N–H and O–H groups in total. The van der Waals surface area contributed by atoms with Gasteiger partial charge in [-0.2, -0.15) is 4.98 Å². The average molecular weight is 241 g/mol. The Morgan fingerprint density at radius 3 is 3.06 bits per heavy atom. The highest BCUT2D eigenvalue weighted by molar-refractivity contribution is 5.00. The molecule has 17 heavy (non-hydrogen) atoms. The summed E-state index contributed by atoms with van der Waals surface area (Å²) in [6.07, 6.45) is 1.18. The summed E-state index contributed by atoms with van der Waals surface area (Å²) in [6.45, 7) is 5.65. The molecule has 1 aromatic heterocycles. The van der Waals surface area contributed by atoms with Crippen LogP contribution in [0, 0.1) is 0 Å². The molecule has 6 nitrogen and oxygen atoms in total. The highest BCUT2D eigenvalue weighted by atomic mass is 16.5. The zero-order chi connectivity index (χ0) is 12.3. The zero-order valence-electron chi connectivity index (χ0n) is 10.3. The van der Waals surface area contributed by atoms with Crippen LogP contribution in [0.15, 0.2) is 4.52 Å². The summed E-state index contributed by atoms with van der Waals surface area (Å²) in [6, 6.07) is -0.327. The Balaban J connectivity index is 1.95. The third kappa shape index (κ3) is 3.02. The molecule has 0 radical (unpaired) electrons. The highest BCUT2D eigenvalue weighted by Crippen LogP contribution is 2.28. The minimum absolute atomic E-state index is 0.200. The minimum Gasteiger partial charge on any atom is -0.380 e. The Bertz CT molecular complexity index is 355. The molecule has 0 spiro atoms. The molecule has 2 heterocycles. The summed E-state index contributed by atoms with van der Waals surface area (Å²) in [7, 11) is 0. The van der Waals surface area contributed by atoms with Crippen LogP contribution in [0.5, 0.6) is 0 Å². The SMILES string of the molecule is CCOCC(N)c1noc(C2COC(C)C2)n1. The van der Waals surface area contributed by atoms with Crippen LogP contribution >= 0.6 is 0 Å². The van der Waals surface area contributed by atoms with Crippen LogP contribution in [-0.2, 0) is 9.47 Å². The van der Waals surface area contributed by atoms with E-state index >= 15 is 0 Å². The maximum absolute atomic E-state index is 5.88. The Labute approximate surface area is 100 Å². The predicted molar refractivity (Wildman–Crippen MR) is 60.5 cm³/mol. The van der Waals surface area contributed by atoms with Crippen molar-refractivity contribution in [3.8, 4) is 0 Å². The van der Waals surface area contributed by atoms with Crippen LogP contribution in [0.2, 0.25) is 0 Å². The second kappa shape index (κ2) is 5.57. The molecule has 6 heteroatoms. The zero-order valence-corrected chi connectivity index (χ0v) is 10.3. The fourth-order valence-electron chi connectivity index (χ4n) is 1.87. The quantitative estimate of drug-likeness (QED) is 0.828. The molecule has 0 aromatic carbocycles. The third-order valence-electron chi connectivity index (χ3n) is 2.84. The molecule has 1 aliphatic rings. The van der Waals surface area contributed by atoms with Crippen molar-refractivity contribution in [2.24, 2.45) is 5.73 Å².